The highest BCUT2D eigenvalue weighted by Crippen LogP contribution is 2.43. The second-order valence-electron chi connectivity index (χ2n) is 8.78. The fraction of sp³-hybridized carbons (Fsp3) is 0.478. The second kappa shape index (κ2) is 10.3. The van der Waals surface area contributed by atoms with Crippen LogP contribution < -0.4 is 15.0 Å². The van der Waals surface area contributed by atoms with Crippen LogP contribution in [-0.4, -0.2) is 59.5 Å². The van der Waals surface area contributed by atoms with Crippen molar-refractivity contribution < 1.29 is 13.9 Å². The quantitative estimate of drug-likeness (QED) is 0.641. The minimum absolute atomic E-state index is 0. The number of anilines is 1. The van der Waals surface area contributed by atoms with Gasteiger partial charge in [0.1, 0.15) is 24.4 Å². The number of carbonyl (C=O) groups is 1. The Bertz CT molecular complexity index is 1030. The Kier molecular flexibility index (Phi) is 7.72. The fourth-order valence-corrected chi connectivity index (χ4v) is 4.41. The zero-order valence-electron chi connectivity index (χ0n) is 18.8. The van der Waals surface area contributed by atoms with E-state index < -0.39 is 11.7 Å². The summed E-state index contributed by atoms with van der Waals surface area (Å²) in [7, 11) is 0. The molecule has 33 heavy (non-hydrogen) atoms. The maximum atomic E-state index is 14.4. The van der Waals surface area contributed by atoms with Gasteiger partial charge in [0.15, 0.2) is 11.6 Å². The Morgan fingerprint density at radius 1 is 1.33 bits per heavy atom. The number of halogens is 2. The lowest BCUT2D eigenvalue weighted by Gasteiger charge is -2.53. The molecule has 0 radical (unpaired) electrons. The highest BCUT2D eigenvalue weighted by Gasteiger charge is 2.44. The number of amides is 1. The van der Waals surface area contributed by atoms with Gasteiger partial charge in [-0.05, 0) is 51.9 Å². The zero-order valence-corrected chi connectivity index (χ0v) is 19.6. The summed E-state index contributed by atoms with van der Waals surface area (Å²) in [6.45, 7) is 7.38. The molecule has 1 amide bonds. The van der Waals surface area contributed by atoms with Gasteiger partial charge in [-0.3, -0.25) is 4.79 Å². The largest absolute Gasteiger partial charge is 0.452 e. The molecule has 0 bridgehead atoms. The Hall–Kier alpha value is -2.96. The van der Waals surface area contributed by atoms with Crippen LogP contribution in [-0.2, 0) is 0 Å². The number of aromatic nitrogens is 2. The Labute approximate surface area is 199 Å². The van der Waals surface area contributed by atoms with Gasteiger partial charge in [-0.2, -0.15) is 5.26 Å². The van der Waals surface area contributed by atoms with Crippen LogP contribution in [0.25, 0.3) is 0 Å². The first-order valence-corrected chi connectivity index (χ1v) is 10.8. The molecule has 8 nitrogen and oxygen atoms in total. The first-order chi connectivity index (χ1) is 15.4. The van der Waals surface area contributed by atoms with Crippen LogP contribution >= 0.6 is 12.4 Å². The lowest BCUT2D eigenvalue weighted by Crippen LogP contribution is -2.60. The first kappa shape index (κ1) is 24.7. The molecule has 0 aliphatic carbocycles. The molecule has 0 saturated carbocycles. The zero-order chi connectivity index (χ0) is 22.7. The van der Waals surface area contributed by atoms with Crippen molar-refractivity contribution in [2.45, 2.75) is 32.7 Å². The van der Waals surface area contributed by atoms with E-state index in [9.17, 15) is 9.18 Å². The smallest absolute Gasteiger partial charge is 0.255 e. The van der Waals surface area contributed by atoms with Gasteiger partial charge in [-0.15, -0.1) is 12.4 Å². The molecule has 0 atom stereocenters. The minimum atomic E-state index is -0.595. The molecule has 2 aliphatic heterocycles. The predicted molar refractivity (Wildman–Crippen MR) is 124 cm³/mol. The number of hydrogen-bond donors (Lipinski definition) is 1. The van der Waals surface area contributed by atoms with Gasteiger partial charge in [0.2, 0.25) is 0 Å². The molecule has 2 aromatic rings. The third-order valence-corrected chi connectivity index (χ3v) is 6.15. The van der Waals surface area contributed by atoms with E-state index in [2.05, 4.69) is 20.2 Å². The summed E-state index contributed by atoms with van der Waals surface area (Å²) >= 11 is 0. The van der Waals surface area contributed by atoms with E-state index in [1.54, 1.807) is 6.20 Å². The summed E-state index contributed by atoms with van der Waals surface area (Å²) < 4.78 is 20.3. The highest BCUT2D eigenvalue weighted by atomic mass is 35.5. The van der Waals surface area contributed by atoms with Crippen molar-refractivity contribution in [3.05, 3.63) is 42.1 Å². The number of nitrogens with one attached hydrogen (secondary N) is 1. The molecule has 176 valence electrons. The van der Waals surface area contributed by atoms with Gasteiger partial charge in [0.05, 0.1) is 12.3 Å². The van der Waals surface area contributed by atoms with Crippen molar-refractivity contribution in [1.29, 1.82) is 5.26 Å². The number of nitriles is 1. The number of rotatable bonds is 6. The van der Waals surface area contributed by atoms with Gasteiger partial charge in [0.25, 0.3) is 5.91 Å². The van der Waals surface area contributed by atoms with Crippen LogP contribution in [0, 0.1) is 22.6 Å². The van der Waals surface area contributed by atoms with Crippen molar-refractivity contribution in [3.8, 4) is 17.6 Å². The summed E-state index contributed by atoms with van der Waals surface area (Å²) in [5, 5.41) is 12.4. The summed E-state index contributed by atoms with van der Waals surface area (Å²) in [6.07, 6.45) is 5.29. The SMILES string of the molecule is CC(C)N(CC#N)C(=O)c1cc(F)cc(Oc2cncnc2N2CC3(CCNCC3)C2)c1.Cl. The Morgan fingerprint density at radius 3 is 2.73 bits per heavy atom. The van der Waals surface area contributed by atoms with Gasteiger partial charge in [-0.1, -0.05) is 0 Å². The Balaban J connectivity index is 0.00000306. The Morgan fingerprint density at radius 2 is 2.06 bits per heavy atom. The number of piperidine rings is 1. The number of carbonyl (C=O) groups excluding carboxylic acids is 1. The average molecular weight is 475 g/mol. The molecule has 2 fully saturated rings. The summed E-state index contributed by atoms with van der Waals surface area (Å²) in [4.78, 5) is 24.9. The summed E-state index contributed by atoms with van der Waals surface area (Å²) in [6, 6.07) is 5.65. The standard InChI is InChI=1S/C23H27FN6O2.ClH/c1-16(2)30(8-5-25)22(31)17-9-18(24)11-19(10-17)32-20-12-27-15-28-21(20)29-13-23(14-29)3-6-26-7-4-23;/h9-12,15-16,26H,3-4,6-8,13-14H2,1-2H3;1H. The van der Waals surface area contributed by atoms with E-state index in [1.165, 1.54) is 23.4 Å². The molecule has 2 aliphatic rings. The summed E-state index contributed by atoms with van der Waals surface area (Å²) in [5.41, 5.74) is 0.437. The van der Waals surface area contributed by atoms with Crippen LogP contribution in [0.5, 0.6) is 11.5 Å². The van der Waals surface area contributed by atoms with Crippen molar-refractivity contribution in [3.63, 3.8) is 0 Å². The first-order valence-electron chi connectivity index (χ1n) is 10.8. The minimum Gasteiger partial charge on any atom is -0.452 e. The van der Waals surface area contributed by atoms with Crippen LogP contribution in [0.2, 0.25) is 0 Å². The van der Waals surface area contributed by atoms with Crippen molar-refractivity contribution in [2.75, 3.05) is 37.6 Å². The van der Waals surface area contributed by atoms with E-state index >= 15 is 0 Å². The van der Waals surface area contributed by atoms with Gasteiger partial charge in [-0.25, -0.2) is 14.4 Å². The lowest BCUT2D eigenvalue weighted by atomic mass is 9.72. The summed E-state index contributed by atoms with van der Waals surface area (Å²) in [5.74, 6) is 0.239. The molecule has 3 heterocycles. The third-order valence-electron chi connectivity index (χ3n) is 6.15. The third kappa shape index (κ3) is 5.34. The molecule has 1 N–H and O–H groups in total. The predicted octanol–water partition coefficient (Wildman–Crippen LogP) is 3.39. The molecular formula is C23H28ClFN6O2. The van der Waals surface area contributed by atoms with Crippen LogP contribution in [0.1, 0.15) is 37.0 Å². The van der Waals surface area contributed by atoms with E-state index in [0.717, 1.165) is 45.1 Å². The average Bonchev–Trinajstić information content (AvgIpc) is 2.76. The molecule has 1 aromatic heterocycles. The molecule has 10 heteroatoms. The molecule has 1 aromatic carbocycles. The molecule has 0 unspecified atom stereocenters. The lowest BCUT2D eigenvalue weighted by molar-refractivity contribution is 0.0730. The van der Waals surface area contributed by atoms with E-state index in [4.69, 9.17) is 10.00 Å². The van der Waals surface area contributed by atoms with E-state index in [0.29, 0.717) is 17.0 Å². The van der Waals surface area contributed by atoms with Crippen molar-refractivity contribution in [1.82, 2.24) is 20.2 Å². The van der Waals surface area contributed by atoms with E-state index in [-0.39, 0.29) is 36.3 Å². The normalized spacial score (nSPS) is 16.5. The van der Waals surface area contributed by atoms with Gasteiger partial charge in [0, 0.05) is 36.2 Å². The van der Waals surface area contributed by atoms with Gasteiger partial charge < -0.3 is 19.9 Å². The van der Waals surface area contributed by atoms with Crippen LogP contribution in [0.15, 0.2) is 30.7 Å². The van der Waals surface area contributed by atoms with Crippen LogP contribution in [0.4, 0.5) is 10.2 Å². The van der Waals surface area contributed by atoms with E-state index in [1.807, 2.05) is 19.9 Å². The van der Waals surface area contributed by atoms with Crippen molar-refractivity contribution >= 4 is 24.1 Å². The second-order valence-corrected chi connectivity index (χ2v) is 8.78. The highest BCUT2D eigenvalue weighted by molar-refractivity contribution is 5.95. The fourth-order valence-electron chi connectivity index (χ4n) is 4.41. The number of ether oxygens (including phenoxy) is 1. The maximum Gasteiger partial charge on any atom is 0.255 e. The van der Waals surface area contributed by atoms with Crippen molar-refractivity contribution in [2.24, 2.45) is 5.41 Å². The maximum absolute atomic E-state index is 14.4. The molecule has 4 rings (SSSR count). The van der Waals surface area contributed by atoms with Crippen LogP contribution in [0.3, 0.4) is 0 Å². The topological polar surface area (TPSA) is 94.4 Å². The molecular weight excluding hydrogens is 447 g/mol. The molecule has 1 spiro atoms. The number of nitrogens with zero attached hydrogens (tertiary/aromatic N) is 5. The molecule has 2 saturated heterocycles. The number of hydrogen-bond acceptors (Lipinski definition) is 7. The monoisotopic (exact) mass is 474 g/mol. The van der Waals surface area contributed by atoms with Gasteiger partial charge >= 0.3 is 0 Å². The number of benzene rings is 1.